The largest absolute Gasteiger partial charge is 0.573 e. The summed E-state index contributed by atoms with van der Waals surface area (Å²) < 4.78 is 48.1. The maximum atomic E-state index is 13.2. The van der Waals surface area contributed by atoms with E-state index in [0.29, 0.717) is 27.8 Å². The van der Waals surface area contributed by atoms with Gasteiger partial charge in [0.25, 0.3) is 0 Å². The number of carbonyl (C=O) groups is 1. The van der Waals surface area contributed by atoms with Gasteiger partial charge in [-0.1, -0.05) is 49.9 Å². The predicted molar refractivity (Wildman–Crippen MR) is 174 cm³/mol. The van der Waals surface area contributed by atoms with E-state index in [1.54, 1.807) is 31.4 Å². The van der Waals surface area contributed by atoms with Gasteiger partial charge in [0.1, 0.15) is 23.9 Å². The lowest BCUT2D eigenvalue weighted by atomic mass is 9.99. The van der Waals surface area contributed by atoms with Crippen molar-refractivity contribution < 1.29 is 27.4 Å². The fourth-order valence-electron chi connectivity index (χ4n) is 5.05. The normalized spacial score (nSPS) is 16.5. The summed E-state index contributed by atoms with van der Waals surface area (Å²) in [7, 11) is 1.63. The molecule has 244 valence electrons. The standard InChI is InChI=1S/C33H32F3N7O3S/c1-20(2)27-17-26(45-4)13-14-29(27)43-21(3)15-16-47-32(43)40-31(44)39-28(18-37)22-5-7-23(8-6-22)30-38-19-42(41-30)24-9-11-25(12-10-24)46-33(34,35)36/h5-14,17,19-21,28H,15-16H2,1-4H3,(H,39,44)/b40-32-. The molecule has 1 aliphatic heterocycles. The molecule has 2 unspecified atom stereocenters. The first-order valence-electron chi connectivity index (χ1n) is 14.7. The number of ether oxygens (including phenoxy) is 2. The summed E-state index contributed by atoms with van der Waals surface area (Å²) >= 11 is 1.50. The maximum Gasteiger partial charge on any atom is 0.573 e. The van der Waals surface area contributed by atoms with Gasteiger partial charge in [0, 0.05) is 23.0 Å². The molecule has 0 spiro atoms. The summed E-state index contributed by atoms with van der Waals surface area (Å²) in [6, 6.07) is 18.6. The first kappa shape index (κ1) is 33.3. The van der Waals surface area contributed by atoms with Gasteiger partial charge in [-0.15, -0.1) is 18.3 Å². The van der Waals surface area contributed by atoms with Gasteiger partial charge in [0.2, 0.25) is 0 Å². The molecule has 0 bridgehead atoms. The number of amidine groups is 1. The van der Waals surface area contributed by atoms with Crippen molar-refractivity contribution in [3.05, 3.63) is 84.2 Å². The van der Waals surface area contributed by atoms with Crippen LogP contribution in [0.15, 0.2) is 78.0 Å². The van der Waals surface area contributed by atoms with Crippen molar-refractivity contribution in [1.29, 1.82) is 5.26 Å². The summed E-state index contributed by atoms with van der Waals surface area (Å²) in [6.45, 7) is 6.31. The topological polar surface area (TPSA) is 118 Å². The molecular weight excluding hydrogens is 631 g/mol. The first-order chi connectivity index (χ1) is 22.5. The molecule has 2 amide bonds. The summed E-state index contributed by atoms with van der Waals surface area (Å²) in [5.74, 6) is 1.79. The molecule has 0 aliphatic carbocycles. The molecule has 4 aromatic rings. The van der Waals surface area contributed by atoms with E-state index in [2.05, 4.69) is 56.9 Å². The lowest BCUT2D eigenvalue weighted by Crippen LogP contribution is -2.43. The molecule has 1 N–H and O–H groups in total. The highest BCUT2D eigenvalue weighted by atomic mass is 32.2. The number of nitrogens with one attached hydrogen (secondary N) is 1. The van der Waals surface area contributed by atoms with Crippen LogP contribution in [0.1, 0.15) is 50.3 Å². The molecule has 5 rings (SSSR count). The number of benzene rings is 3. The minimum absolute atomic E-state index is 0.104. The average molecular weight is 664 g/mol. The Morgan fingerprint density at radius 2 is 1.81 bits per heavy atom. The van der Waals surface area contributed by atoms with Crippen LogP contribution in [0.25, 0.3) is 17.1 Å². The average Bonchev–Trinajstić information content (AvgIpc) is 3.54. The number of thioether (sulfide) groups is 1. The maximum absolute atomic E-state index is 13.2. The smallest absolute Gasteiger partial charge is 0.497 e. The number of urea groups is 1. The number of alkyl halides is 3. The molecule has 47 heavy (non-hydrogen) atoms. The molecule has 1 fully saturated rings. The van der Waals surface area contributed by atoms with Crippen LogP contribution in [0.2, 0.25) is 0 Å². The third-order valence-corrected chi connectivity index (χ3v) is 8.44. The third kappa shape index (κ3) is 8.04. The quantitative estimate of drug-likeness (QED) is 0.205. The minimum Gasteiger partial charge on any atom is -0.497 e. The predicted octanol–water partition coefficient (Wildman–Crippen LogP) is 7.63. The second-order valence-corrected chi connectivity index (χ2v) is 12.1. The number of nitrogens with zero attached hydrogens (tertiary/aromatic N) is 6. The number of anilines is 1. The van der Waals surface area contributed by atoms with Crippen molar-refractivity contribution >= 4 is 28.6 Å². The highest BCUT2D eigenvalue weighted by Gasteiger charge is 2.31. The molecule has 1 aromatic heterocycles. The zero-order valence-corrected chi connectivity index (χ0v) is 26.8. The molecule has 0 radical (unpaired) electrons. The number of nitriles is 1. The van der Waals surface area contributed by atoms with Gasteiger partial charge in [0.05, 0.1) is 18.9 Å². The Kier molecular flexibility index (Phi) is 10.0. The summed E-state index contributed by atoms with van der Waals surface area (Å²) in [5, 5.41) is 17.6. The van der Waals surface area contributed by atoms with Gasteiger partial charge < -0.3 is 19.7 Å². The first-order valence-corrected chi connectivity index (χ1v) is 15.7. The number of aliphatic imine (C=N–C) groups is 1. The Morgan fingerprint density at radius 1 is 1.11 bits per heavy atom. The Morgan fingerprint density at radius 3 is 2.45 bits per heavy atom. The number of methoxy groups -OCH3 is 1. The Labute approximate surface area is 274 Å². The van der Waals surface area contributed by atoms with Crippen molar-refractivity contribution in [2.24, 2.45) is 4.99 Å². The minimum atomic E-state index is -4.78. The Hall–Kier alpha value is -5.03. The highest BCUT2D eigenvalue weighted by molar-refractivity contribution is 8.14. The van der Waals surface area contributed by atoms with E-state index in [4.69, 9.17) is 4.74 Å². The van der Waals surface area contributed by atoms with Gasteiger partial charge in [-0.2, -0.15) is 10.3 Å². The van der Waals surface area contributed by atoms with Crippen molar-refractivity contribution in [2.75, 3.05) is 17.8 Å². The molecular formula is C33H32F3N7O3S. The van der Waals surface area contributed by atoms with Crippen LogP contribution < -0.4 is 19.7 Å². The van der Waals surface area contributed by atoms with Gasteiger partial charge in [-0.25, -0.2) is 14.5 Å². The fraction of sp³-hybridized carbons (Fsp3) is 0.303. The molecule has 0 saturated carbocycles. The van der Waals surface area contributed by atoms with Gasteiger partial charge in [-0.05, 0) is 72.9 Å². The monoisotopic (exact) mass is 663 g/mol. The fourth-order valence-corrected chi connectivity index (χ4v) is 6.26. The van der Waals surface area contributed by atoms with Crippen molar-refractivity contribution in [1.82, 2.24) is 20.1 Å². The summed E-state index contributed by atoms with van der Waals surface area (Å²) in [5.41, 5.74) is 3.71. The molecule has 2 heterocycles. The SMILES string of the molecule is COc1ccc(N2/C(=N/C(=O)NC(C#N)c3ccc(-c4ncn(-c5ccc(OC(F)(F)F)cc5)n4)cc3)SCCC2C)c(C(C)C)c1. The molecule has 10 nitrogen and oxygen atoms in total. The van der Waals surface area contributed by atoms with Crippen LogP contribution in [0.4, 0.5) is 23.7 Å². The molecule has 1 saturated heterocycles. The lowest BCUT2D eigenvalue weighted by molar-refractivity contribution is -0.274. The van der Waals surface area contributed by atoms with E-state index < -0.39 is 18.4 Å². The van der Waals surface area contributed by atoms with E-state index in [0.717, 1.165) is 29.2 Å². The van der Waals surface area contributed by atoms with Crippen molar-refractivity contribution in [3.8, 4) is 34.6 Å². The molecule has 2 atom stereocenters. The molecule has 1 aliphatic rings. The Balaban J connectivity index is 1.29. The summed E-state index contributed by atoms with van der Waals surface area (Å²) in [4.78, 5) is 24.0. The van der Waals surface area contributed by atoms with E-state index in [-0.39, 0.29) is 17.7 Å². The second kappa shape index (κ2) is 14.2. The zero-order chi connectivity index (χ0) is 33.7. The number of amides is 2. The van der Waals surface area contributed by atoms with Gasteiger partial charge in [-0.3, -0.25) is 0 Å². The third-order valence-electron chi connectivity index (χ3n) is 7.45. The molecule has 14 heteroatoms. The second-order valence-electron chi connectivity index (χ2n) is 11.0. The number of aromatic nitrogens is 3. The van der Waals surface area contributed by atoms with Crippen molar-refractivity contribution in [2.45, 2.75) is 51.6 Å². The van der Waals surface area contributed by atoms with Crippen LogP contribution in [0, 0.1) is 11.3 Å². The Bertz CT molecular complexity index is 1780. The number of hydrogen-bond acceptors (Lipinski definition) is 7. The van der Waals surface area contributed by atoms with Gasteiger partial charge >= 0.3 is 12.4 Å². The van der Waals surface area contributed by atoms with E-state index in [9.17, 15) is 23.2 Å². The van der Waals surface area contributed by atoms with Crippen molar-refractivity contribution in [3.63, 3.8) is 0 Å². The van der Waals surface area contributed by atoms with Crippen LogP contribution in [-0.4, -0.2) is 51.2 Å². The van der Waals surface area contributed by atoms with Crippen LogP contribution in [0.5, 0.6) is 11.5 Å². The lowest BCUT2D eigenvalue weighted by Gasteiger charge is -2.37. The van der Waals surface area contributed by atoms with E-state index in [1.807, 2.05) is 18.2 Å². The number of halogens is 3. The van der Waals surface area contributed by atoms with Gasteiger partial charge in [0.15, 0.2) is 11.0 Å². The highest BCUT2D eigenvalue weighted by Crippen LogP contribution is 2.37. The van der Waals surface area contributed by atoms with E-state index >= 15 is 0 Å². The van der Waals surface area contributed by atoms with E-state index in [1.165, 1.54) is 47.0 Å². The molecule has 3 aromatic carbocycles. The van der Waals surface area contributed by atoms with Crippen LogP contribution >= 0.6 is 11.8 Å². The zero-order valence-electron chi connectivity index (χ0n) is 26.0. The summed E-state index contributed by atoms with van der Waals surface area (Å²) in [6.07, 6.45) is -2.43. The number of carbonyl (C=O) groups excluding carboxylic acids is 1. The van der Waals surface area contributed by atoms with Crippen LogP contribution in [-0.2, 0) is 0 Å². The number of rotatable bonds is 8. The van der Waals surface area contributed by atoms with Crippen LogP contribution in [0.3, 0.4) is 0 Å². The number of hydrogen-bond donors (Lipinski definition) is 1.